The smallest absolute Gasteiger partial charge is 0.253 e. The molecule has 1 unspecified atom stereocenters. The van der Waals surface area contributed by atoms with E-state index in [4.69, 9.17) is 16.3 Å². The number of halogens is 1. The highest BCUT2D eigenvalue weighted by Gasteiger charge is 2.27. The van der Waals surface area contributed by atoms with E-state index in [0.29, 0.717) is 30.9 Å². The molecule has 1 saturated heterocycles. The Labute approximate surface area is 188 Å². The number of amides is 2. The summed E-state index contributed by atoms with van der Waals surface area (Å²) in [5.41, 5.74) is 2.08. The number of carbonyl (C=O) groups is 2. The first-order chi connectivity index (χ1) is 15.1. The van der Waals surface area contributed by atoms with Gasteiger partial charge in [0.2, 0.25) is 5.91 Å². The maximum Gasteiger partial charge on any atom is 0.253 e. The summed E-state index contributed by atoms with van der Waals surface area (Å²) in [6.07, 6.45) is 2.51. The molecule has 2 aromatic carbocycles. The number of para-hydroxylation sites is 1. The molecule has 2 N–H and O–H groups in total. The summed E-state index contributed by atoms with van der Waals surface area (Å²) in [4.78, 5) is 27.8. The summed E-state index contributed by atoms with van der Waals surface area (Å²) in [5, 5.41) is 6.61. The molecule has 0 spiro atoms. The van der Waals surface area contributed by atoms with Crippen LogP contribution in [-0.2, 0) is 16.1 Å². The van der Waals surface area contributed by atoms with Gasteiger partial charge in [-0.3, -0.25) is 14.5 Å². The van der Waals surface area contributed by atoms with Crippen LogP contribution in [0.4, 0.5) is 5.69 Å². The number of methoxy groups -OCH3 is 1. The van der Waals surface area contributed by atoms with Gasteiger partial charge in [-0.2, -0.15) is 0 Å². The average molecular weight is 444 g/mol. The summed E-state index contributed by atoms with van der Waals surface area (Å²) >= 11 is 6.30. The average Bonchev–Trinajstić information content (AvgIpc) is 2.79. The lowest BCUT2D eigenvalue weighted by Gasteiger charge is -2.32. The van der Waals surface area contributed by atoms with Crippen molar-refractivity contribution in [1.82, 2.24) is 10.2 Å². The Morgan fingerprint density at radius 3 is 2.74 bits per heavy atom. The number of nitrogens with one attached hydrogen (secondary N) is 2. The monoisotopic (exact) mass is 443 g/mol. The zero-order chi connectivity index (χ0) is 22.1. The number of likely N-dealkylation sites (tertiary alicyclic amines) is 1. The van der Waals surface area contributed by atoms with Gasteiger partial charge < -0.3 is 15.4 Å². The molecule has 1 fully saturated rings. The third kappa shape index (κ3) is 6.79. The van der Waals surface area contributed by atoms with Crippen LogP contribution in [0.15, 0.2) is 48.5 Å². The van der Waals surface area contributed by atoms with Crippen molar-refractivity contribution >= 4 is 29.1 Å². The highest BCUT2D eigenvalue weighted by atomic mass is 35.5. The second kappa shape index (κ2) is 11.8. The molecule has 0 aromatic heterocycles. The number of piperidine rings is 1. The standard InChI is InChI=1S/C24H30ClN3O3/c1-31-15-7-13-26-24(30)20-10-3-5-12-22(20)27-23(29)19-9-6-14-28(17-19)16-18-8-2-4-11-21(18)25/h2-5,8,10-12,19H,6-7,9,13-17H2,1H3,(H,26,30)(H,27,29). The zero-order valence-electron chi connectivity index (χ0n) is 17.9. The van der Waals surface area contributed by atoms with Crippen LogP contribution in [0.3, 0.4) is 0 Å². The lowest BCUT2D eigenvalue weighted by atomic mass is 9.96. The Kier molecular flexibility index (Phi) is 8.88. The Morgan fingerprint density at radius 2 is 1.94 bits per heavy atom. The first kappa shape index (κ1) is 23.3. The molecule has 31 heavy (non-hydrogen) atoms. The molecule has 0 saturated carbocycles. The molecule has 7 heteroatoms. The second-order valence-electron chi connectivity index (χ2n) is 7.80. The molecule has 0 radical (unpaired) electrons. The Morgan fingerprint density at radius 1 is 1.16 bits per heavy atom. The normalized spacial score (nSPS) is 16.6. The Hall–Kier alpha value is -2.41. The number of carbonyl (C=O) groups excluding carboxylic acids is 2. The van der Waals surface area contributed by atoms with Gasteiger partial charge in [-0.1, -0.05) is 41.9 Å². The number of hydrogen-bond donors (Lipinski definition) is 2. The molecule has 0 bridgehead atoms. The molecular formula is C24H30ClN3O3. The van der Waals surface area contributed by atoms with Crippen LogP contribution in [0, 0.1) is 5.92 Å². The van der Waals surface area contributed by atoms with E-state index in [1.54, 1.807) is 25.3 Å². The van der Waals surface area contributed by atoms with E-state index in [0.717, 1.165) is 42.9 Å². The van der Waals surface area contributed by atoms with Crippen molar-refractivity contribution in [1.29, 1.82) is 0 Å². The second-order valence-corrected chi connectivity index (χ2v) is 8.21. The van der Waals surface area contributed by atoms with Gasteiger partial charge in [0.25, 0.3) is 5.91 Å². The maximum absolute atomic E-state index is 13.0. The first-order valence-electron chi connectivity index (χ1n) is 10.7. The van der Waals surface area contributed by atoms with Gasteiger partial charge in [-0.15, -0.1) is 0 Å². The summed E-state index contributed by atoms with van der Waals surface area (Å²) in [6, 6.07) is 14.9. The third-order valence-corrected chi connectivity index (χ3v) is 5.84. The molecule has 1 aliphatic heterocycles. The van der Waals surface area contributed by atoms with E-state index in [9.17, 15) is 9.59 Å². The van der Waals surface area contributed by atoms with Crippen LogP contribution in [-0.4, -0.2) is 50.1 Å². The van der Waals surface area contributed by atoms with E-state index >= 15 is 0 Å². The van der Waals surface area contributed by atoms with E-state index in [1.165, 1.54) is 0 Å². The van der Waals surface area contributed by atoms with Gasteiger partial charge in [0.1, 0.15) is 0 Å². The van der Waals surface area contributed by atoms with Crippen LogP contribution in [0.1, 0.15) is 35.2 Å². The molecule has 2 aromatic rings. The molecule has 6 nitrogen and oxygen atoms in total. The molecule has 3 rings (SSSR count). The molecule has 0 aliphatic carbocycles. The minimum absolute atomic E-state index is 0.0523. The fraction of sp³-hybridized carbons (Fsp3) is 0.417. The number of nitrogens with zero attached hydrogens (tertiary/aromatic N) is 1. The SMILES string of the molecule is COCCCNC(=O)c1ccccc1NC(=O)C1CCCN(Cc2ccccc2Cl)C1. The molecule has 1 atom stereocenters. The van der Waals surface area contributed by atoms with Crippen LogP contribution in [0.2, 0.25) is 5.02 Å². The molecule has 1 aliphatic rings. The largest absolute Gasteiger partial charge is 0.385 e. The number of ether oxygens (including phenoxy) is 1. The van der Waals surface area contributed by atoms with Crippen molar-refractivity contribution in [3.8, 4) is 0 Å². The lowest BCUT2D eigenvalue weighted by Crippen LogP contribution is -2.40. The van der Waals surface area contributed by atoms with Gasteiger partial charge in [0, 0.05) is 38.4 Å². The topological polar surface area (TPSA) is 70.7 Å². The van der Waals surface area contributed by atoms with Crippen LogP contribution in [0.5, 0.6) is 0 Å². The molecular weight excluding hydrogens is 414 g/mol. The zero-order valence-corrected chi connectivity index (χ0v) is 18.7. The maximum atomic E-state index is 13.0. The van der Waals surface area contributed by atoms with Crippen molar-refractivity contribution in [3.63, 3.8) is 0 Å². The van der Waals surface area contributed by atoms with Crippen molar-refractivity contribution in [2.45, 2.75) is 25.8 Å². The fourth-order valence-corrected chi connectivity index (χ4v) is 4.01. The van der Waals surface area contributed by atoms with Gasteiger partial charge >= 0.3 is 0 Å². The van der Waals surface area contributed by atoms with Crippen molar-refractivity contribution in [2.24, 2.45) is 5.92 Å². The van der Waals surface area contributed by atoms with Crippen molar-refractivity contribution < 1.29 is 14.3 Å². The summed E-state index contributed by atoms with van der Waals surface area (Å²) < 4.78 is 5.01. The summed E-state index contributed by atoms with van der Waals surface area (Å²) in [6.45, 7) is 3.45. The van der Waals surface area contributed by atoms with Crippen molar-refractivity contribution in [2.75, 3.05) is 38.7 Å². The van der Waals surface area contributed by atoms with E-state index in [2.05, 4.69) is 15.5 Å². The van der Waals surface area contributed by atoms with Crippen LogP contribution in [0.25, 0.3) is 0 Å². The number of anilines is 1. The van der Waals surface area contributed by atoms with E-state index in [-0.39, 0.29) is 17.7 Å². The van der Waals surface area contributed by atoms with Crippen molar-refractivity contribution in [3.05, 3.63) is 64.7 Å². The van der Waals surface area contributed by atoms with Crippen LogP contribution >= 0.6 is 11.6 Å². The number of benzene rings is 2. The predicted octanol–water partition coefficient (Wildman–Crippen LogP) is 3.96. The van der Waals surface area contributed by atoms with E-state index in [1.807, 2.05) is 30.3 Å². The molecule has 166 valence electrons. The van der Waals surface area contributed by atoms with Crippen LogP contribution < -0.4 is 10.6 Å². The third-order valence-electron chi connectivity index (χ3n) is 5.47. The fourth-order valence-electron chi connectivity index (χ4n) is 3.82. The van der Waals surface area contributed by atoms with Gasteiger partial charge in [-0.25, -0.2) is 0 Å². The quantitative estimate of drug-likeness (QED) is 0.575. The highest BCUT2D eigenvalue weighted by Crippen LogP contribution is 2.24. The van der Waals surface area contributed by atoms with Gasteiger partial charge in [-0.05, 0) is 49.6 Å². The first-order valence-corrected chi connectivity index (χ1v) is 11.1. The van der Waals surface area contributed by atoms with E-state index < -0.39 is 0 Å². The molecule has 1 heterocycles. The number of rotatable bonds is 9. The predicted molar refractivity (Wildman–Crippen MR) is 123 cm³/mol. The minimum Gasteiger partial charge on any atom is -0.385 e. The number of hydrogen-bond acceptors (Lipinski definition) is 4. The van der Waals surface area contributed by atoms with Gasteiger partial charge in [0.05, 0.1) is 17.2 Å². The lowest BCUT2D eigenvalue weighted by molar-refractivity contribution is -0.121. The van der Waals surface area contributed by atoms with Gasteiger partial charge in [0.15, 0.2) is 0 Å². The minimum atomic E-state index is -0.198. The summed E-state index contributed by atoms with van der Waals surface area (Å²) in [5.74, 6) is -0.381. The Balaban J connectivity index is 1.59. The Bertz CT molecular complexity index is 890. The summed E-state index contributed by atoms with van der Waals surface area (Å²) in [7, 11) is 1.63. The molecule has 2 amide bonds. The highest BCUT2D eigenvalue weighted by molar-refractivity contribution is 6.31.